The SMILES string of the molecule is COc1ccccc1N(CC(=O)NCc1ccc(C)cc1)S(C)(=O)=O. The van der Waals surface area contributed by atoms with E-state index in [1.807, 2.05) is 31.2 Å². The smallest absolute Gasteiger partial charge is 0.241 e. The summed E-state index contributed by atoms with van der Waals surface area (Å²) in [6.07, 6.45) is 1.06. The van der Waals surface area contributed by atoms with Gasteiger partial charge in [-0.25, -0.2) is 8.42 Å². The van der Waals surface area contributed by atoms with Gasteiger partial charge < -0.3 is 10.1 Å². The standard InChI is InChI=1S/C18H22N2O4S/c1-14-8-10-15(11-9-14)12-19-18(21)13-20(25(3,22)23)16-6-4-5-7-17(16)24-2/h4-11H,12-13H2,1-3H3,(H,19,21). The fourth-order valence-corrected chi connectivity index (χ4v) is 3.17. The lowest BCUT2D eigenvalue weighted by atomic mass is 10.1. The van der Waals surface area contributed by atoms with E-state index >= 15 is 0 Å². The first kappa shape index (κ1) is 18.8. The van der Waals surface area contributed by atoms with Crippen LogP contribution in [0, 0.1) is 6.92 Å². The number of carbonyl (C=O) groups excluding carboxylic acids is 1. The monoisotopic (exact) mass is 362 g/mol. The molecule has 2 aromatic rings. The van der Waals surface area contributed by atoms with E-state index in [1.54, 1.807) is 24.3 Å². The highest BCUT2D eigenvalue weighted by atomic mass is 32.2. The first-order valence-electron chi connectivity index (χ1n) is 7.74. The summed E-state index contributed by atoms with van der Waals surface area (Å²) in [4.78, 5) is 12.3. The van der Waals surface area contributed by atoms with Crippen LogP contribution in [0.15, 0.2) is 48.5 Å². The number of aryl methyl sites for hydroxylation is 1. The van der Waals surface area contributed by atoms with Crippen LogP contribution in [0.3, 0.4) is 0 Å². The third kappa shape index (κ3) is 5.22. The van der Waals surface area contributed by atoms with E-state index in [9.17, 15) is 13.2 Å². The van der Waals surface area contributed by atoms with Crippen LogP contribution in [0.2, 0.25) is 0 Å². The molecule has 0 aliphatic carbocycles. The maximum Gasteiger partial charge on any atom is 0.241 e. The number of hydrogen-bond acceptors (Lipinski definition) is 4. The summed E-state index contributed by atoms with van der Waals surface area (Å²) in [5.74, 6) is -0.00355. The molecule has 6 nitrogen and oxygen atoms in total. The van der Waals surface area contributed by atoms with Crippen LogP contribution in [0.5, 0.6) is 5.75 Å². The lowest BCUT2D eigenvalue weighted by Gasteiger charge is -2.23. The molecule has 0 aliphatic rings. The predicted octanol–water partition coefficient (Wildman–Crippen LogP) is 2.09. The summed E-state index contributed by atoms with van der Waals surface area (Å²) >= 11 is 0. The van der Waals surface area contributed by atoms with E-state index < -0.39 is 15.9 Å². The van der Waals surface area contributed by atoms with E-state index in [1.165, 1.54) is 7.11 Å². The molecule has 0 radical (unpaired) electrons. The molecule has 0 fully saturated rings. The first-order chi connectivity index (χ1) is 11.8. The molecule has 1 amide bonds. The van der Waals surface area contributed by atoms with Crippen molar-refractivity contribution in [2.24, 2.45) is 0 Å². The molecule has 0 aliphatic heterocycles. The van der Waals surface area contributed by atoms with Crippen LogP contribution in [0.4, 0.5) is 5.69 Å². The zero-order chi connectivity index (χ0) is 18.4. The second kappa shape index (κ2) is 8.02. The molecular weight excluding hydrogens is 340 g/mol. The lowest BCUT2D eigenvalue weighted by molar-refractivity contribution is -0.119. The average Bonchev–Trinajstić information content (AvgIpc) is 2.58. The fourth-order valence-electron chi connectivity index (χ4n) is 2.31. The van der Waals surface area contributed by atoms with Crippen molar-refractivity contribution in [3.05, 3.63) is 59.7 Å². The highest BCUT2D eigenvalue weighted by Gasteiger charge is 2.23. The Bertz CT molecular complexity index is 832. The van der Waals surface area contributed by atoms with E-state index in [4.69, 9.17) is 4.74 Å². The minimum absolute atomic E-state index is 0.314. The number of rotatable bonds is 7. The normalized spacial score (nSPS) is 11.0. The van der Waals surface area contributed by atoms with Crippen LogP contribution in [0.25, 0.3) is 0 Å². The summed E-state index contributed by atoms with van der Waals surface area (Å²) < 4.78 is 30.5. The van der Waals surface area contributed by atoms with Crippen molar-refractivity contribution in [3.63, 3.8) is 0 Å². The van der Waals surface area contributed by atoms with Crippen LogP contribution in [0.1, 0.15) is 11.1 Å². The Morgan fingerprint density at radius 3 is 2.36 bits per heavy atom. The van der Waals surface area contributed by atoms with Gasteiger partial charge in [-0.05, 0) is 24.6 Å². The number of carbonyl (C=O) groups is 1. The lowest BCUT2D eigenvalue weighted by Crippen LogP contribution is -2.40. The number of nitrogens with one attached hydrogen (secondary N) is 1. The maximum absolute atomic E-state index is 12.3. The Morgan fingerprint density at radius 1 is 1.12 bits per heavy atom. The molecule has 0 saturated carbocycles. The zero-order valence-corrected chi connectivity index (χ0v) is 15.3. The topological polar surface area (TPSA) is 75.7 Å². The fraction of sp³-hybridized carbons (Fsp3) is 0.278. The molecule has 0 bridgehead atoms. The van der Waals surface area contributed by atoms with Gasteiger partial charge >= 0.3 is 0 Å². The molecule has 0 saturated heterocycles. The van der Waals surface area contributed by atoms with Crippen LogP contribution >= 0.6 is 0 Å². The molecule has 25 heavy (non-hydrogen) atoms. The Balaban J connectivity index is 2.12. The summed E-state index contributed by atoms with van der Waals surface area (Å²) in [7, 11) is -2.19. The van der Waals surface area contributed by atoms with Gasteiger partial charge in [0.15, 0.2) is 0 Å². The van der Waals surface area contributed by atoms with Gasteiger partial charge in [-0.15, -0.1) is 0 Å². The Kier molecular flexibility index (Phi) is 6.03. The van der Waals surface area contributed by atoms with Gasteiger partial charge in [0.2, 0.25) is 15.9 Å². The third-order valence-electron chi connectivity index (χ3n) is 3.65. The maximum atomic E-state index is 12.3. The molecule has 134 valence electrons. The minimum atomic E-state index is -3.64. The van der Waals surface area contributed by atoms with E-state index in [-0.39, 0.29) is 6.54 Å². The Morgan fingerprint density at radius 2 is 1.76 bits per heavy atom. The summed E-state index contributed by atoms with van der Waals surface area (Å²) in [6.45, 7) is 2.01. The van der Waals surface area contributed by atoms with E-state index in [2.05, 4.69) is 5.32 Å². The minimum Gasteiger partial charge on any atom is -0.495 e. The van der Waals surface area contributed by atoms with E-state index in [0.29, 0.717) is 18.0 Å². The number of methoxy groups -OCH3 is 1. The highest BCUT2D eigenvalue weighted by molar-refractivity contribution is 7.92. The van der Waals surface area contributed by atoms with Gasteiger partial charge in [0.05, 0.1) is 19.1 Å². The first-order valence-corrected chi connectivity index (χ1v) is 9.59. The zero-order valence-electron chi connectivity index (χ0n) is 14.5. The van der Waals surface area contributed by atoms with Gasteiger partial charge in [0.1, 0.15) is 12.3 Å². The van der Waals surface area contributed by atoms with Crippen molar-refractivity contribution in [2.45, 2.75) is 13.5 Å². The van der Waals surface area contributed by atoms with Crippen LogP contribution in [-0.2, 0) is 21.4 Å². The van der Waals surface area contributed by atoms with Crippen LogP contribution < -0.4 is 14.4 Å². The van der Waals surface area contributed by atoms with Crippen molar-refractivity contribution >= 4 is 21.6 Å². The van der Waals surface area contributed by atoms with Gasteiger partial charge in [-0.1, -0.05) is 42.0 Å². The number of anilines is 1. The number of sulfonamides is 1. The Labute approximate surface area is 148 Å². The van der Waals surface area contributed by atoms with Gasteiger partial charge in [-0.2, -0.15) is 0 Å². The molecule has 2 aromatic carbocycles. The van der Waals surface area contributed by atoms with Gasteiger partial charge in [0.25, 0.3) is 0 Å². The summed E-state index contributed by atoms with van der Waals surface area (Å²) in [5.41, 5.74) is 2.41. The number of benzene rings is 2. The molecule has 1 N–H and O–H groups in total. The van der Waals surface area contributed by atoms with Crippen LogP contribution in [-0.4, -0.2) is 34.2 Å². The molecular formula is C18H22N2O4S. The van der Waals surface area contributed by atoms with Crippen molar-refractivity contribution in [2.75, 3.05) is 24.2 Å². The summed E-state index contributed by atoms with van der Waals surface area (Å²) in [5, 5.41) is 2.74. The highest BCUT2D eigenvalue weighted by Crippen LogP contribution is 2.29. The molecule has 0 unspecified atom stereocenters. The quantitative estimate of drug-likeness (QED) is 0.818. The predicted molar refractivity (Wildman–Crippen MR) is 98.2 cm³/mol. The Hall–Kier alpha value is -2.54. The molecule has 0 heterocycles. The molecule has 0 spiro atoms. The number of hydrogen-bond donors (Lipinski definition) is 1. The second-order valence-electron chi connectivity index (χ2n) is 5.70. The van der Waals surface area contributed by atoms with Crippen molar-refractivity contribution in [1.82, 2.24) is 5.32 Å². The summed E-state index contributed by atoms with van der Waals surface area (Å²) in [6, 6.07) is 14.4. The van der Waals surface area contributed by atoms with Crippen molar-refractivity contribution in [1.29, 1.82) is 0 Å². The van der Waals surface area contributed by atoms with Crippen molar-refractivity contribution < 1.29 is 17.9 Å². The van der Waals surface area contributed by atoms with Gasteiger partial charge in [0, 0.05) is 6.54 Å². The van der Waals surface area contributed by atoms with Crippen molar-refractivity contribution in [3.8, 4) is 5.75 Å². The number of para-hydroxylation sites is 2. The number of amides is 1. The third-order valence-corrected chi connectivity index (χ3v) is 4.78. The number of nitrogens with zero attached hydrogens (tertiary/aromatic N) is 1. The molecule has 7 heteroatoms. The second-order valence-corrected chi connectivity index (χ2v) is 7.61. The van der Waals surface area contributed by atoms with Gasteiger partial charge in [-0.3, -0.25) is 9.10 Å². The average molecular weight is 362 g/mol. The largest absolute Gasteiger partial charge is 0.495 e. The molecule has 0 aromatic heterocycles. The molecule has 0 atom stereocenters. The number of ether oxygens (including phenoxy) is 1. The van der Waals surface area contributed by atoms with E-state index in [0.717, 1.165) is 21.7 Å². The molecule has 2 rings (SSSR count).